The number of imide groups is 1. The van der Waals surface area contributed by atoms with Crippen LogP contribution >= 0.6 is 22.6 Å². The average Bonchev–Trinajstić information content (AvgIpc) is 2.94. The van der Waals surface area contributed by atoms with Crippen molar-refractivity contribution in [2.45, 2.75) is 46.2 Å². The third kappa shape index (κ3) is 5.23. The van der Waals surface area contributed by atoms with Crippen molar-refractivity contribution in [2.75, 3.05) is 4.90 Å². The zero-order chi connectivity index (χ0) is 21.2. The first kappa shape index (κ1) is 21.5. The van der Waals surface area contributed by atoms with Gasteiger partial charge in [-0.05, 0) is 57.8 Å². The number of amides is 3. The number of carbonyl (C=O) groups is 3. The molecule has 0 aliphatic carbocycles. The van der Waals surface area contributed by atoms with Gasteiger partial charge < -0.3 is 4.90 Å². The number of anilines is 1. The van der Waals surface area contributed by atoms with E-state index < -0.39 is 6.04 Å². The van der Waals surface area contributed by atoms with Crippen LogP contribution in [-0.2, 0) is 20.9 Å². The number of rotatable bonds is 5. The molecule has 1 aliphatic heterocycles. The topological polar surface area (TPSA) is 57.7 Å². The summed E-state index contributed by atoms with van der Waals surface area (Å²) >= 11 is 2.18. The second-order valence-electron chi connectivity index (χ2n) is 8.51. The molecule has 1 atom stereocenters. The molecule has 1 heterocycles. The molecule has 0 aromatic heterocycles. The van der Waals surface area contributed by atoms with E-state index in [0.717, 1.165) is 9.13 Å². The summed E-state index contributed by atoms with van der Waals surface area (Å²) in [7, 11) is 0. The number of carbonyl (C=O) groups excluding carboxylic acids is 3. The third-order valence-electron chi connectivity index (χ3n) is 4.78. The summed E-state index contributed by atoms with van der Waals surface area (Å²) in [4.78, 5) is 41.8. The predicted molar refractivity (Wildman–Crippen MR) is 121 cm³/mol. The summed E-state index contributed by atoms with van der Waals surface area (Å²) in [6.07, 6.45) is 0.314. The van der Waals surface area contributed by atoms with Crippen LogP contribution in [0.15, 0.2) is 54.6 Å². The van der Waals surface area contributed by atoms with Gasteiger partial charge in [0.25, 0.3) is 5.91 Å². The molecule has 29 heavy (non-hydrogen) atoms. The first-order valence-electron chi connectivity index (χ1n) is 9.61. The van der Waals surface area contributed by atoms with E-state index in [1.807, 2.05) is 63.2 Å². The van der Waals surface area contributed by atoms with Crippen molar-refractivity contribution < 1.29 is 14.4 Å². The van der Waals surface area contributed by atoms with E-state index in [1.54, 1.807) is 17.0 Å². The van der Waals surface area contributed by atoms with Crippen LogP contribution in [0.2, 0.25) is 0 Å². The van der Waals surface area contributed by atoms with Crippen molar-refractivity contribution in [3.63, 3.8) is 0 Å². The number of nitrogens with zero attached hydrogens (tertiary/aromatic N) is 2. The highest BCUT2D eigenvalue weighted by atomic mass is 127. The Balaban J connectivity index is 1.90. The van der Waals surface area contributed by atoms with Crippen molar-refractivity contribution in [1.29, 1.82) is 0 Å². The molecule has 5 nitrogen and oxygen atoms in total. The molecule has 3 amide bonds. The molecule has 0 N–H and O–H groups in total. The fraction of sp³-hybridized carbons (Fsp3) is 0.348. The quantitative estimate of drug-likeness (QED) is 0.449. The van der Waals surface area contributed by atoms with Gasteiger partial charge >= 0.3 is 0 Å². The Hall–Kier alpha value is -2.22. The Morgan fingerprint density at radius 3 is 2.28 bits per heavy atom. The second-order valence-corrected chi connectivity index (χ2v) is 9.75. The number of benzene rings is 2. The van der Waals surface area contributed by atoms with E-state index in [2.05, 4.69) is 22.6 Å². The van der Waals surface area contributed by atoms with Crippen LogP contribution in [0, 0.1) is 8.99 Å². The molecule has 1 fully saturated rings. The molecule has 0 bridgehead atoms. The molecule has 0 spiro atoms. The van der Waals surface area contributed by atoms with Crippen molar-refractivity contribution in [1.82, 2.24) is 4.90 Å². The number of hydrogen-bond acceptors (Lipinski definition) is 3. The maximum absolute atomic E-state index is 13.2. The zero-order valence-corrected chi connectivity index (χ0v) is 19.0. The smallest absolute Gasteiger partial charge is 0.257 e. The number of hydrogen-bond donors (Lipinski definition) is 0. The lowest BCUT2D eigenvalue weighted by Gasteiger charge is -2.30. The van der Waals surface area contributed by atoms with E-state index in [-0.39, 0.29) is 29.6 Å². The SMILES string of the molecule is CC(C)(C)CC(=O)N(Cc1ccccc1)C1CC(=O)N(c2ccc(I)cc2)C1=O. The summed E-state index contributed by atoms with van der Waals surface area (Å²) in [6.45, 7) is 6.28. The van der Waals surface area contributed by atoms with Gasteiger partial charge in [0.1, 0.15) is 6.04 Å². The molecule has 3 rings (SSSR count). The molecular formula is C23H25IN2O3. The van der Waals surface area contributed by atoms with Gasteiger partial charge in [-0.1, -0.05) is 51.1 Å². The number of halogens is 1. The molecule has 1 unspecified atom stereocenters. The fourth-order valence-electron chi connectivity index (χ4n) is 3.43. The van der Waals surface area contributed by atoms with Crippen LogP contribution in [0.4, 0.5) is 5.69 Å². The van der Waals surface area contributed by atoms with Crippen LogP contribution < -0.4 is 4.90 Å². The highest BCUT2D eigenvalue weighted by molar-refractivity contribution is 14.1. The Bertz CT molecular complexity index is 904. The monoisotopic (exact) mass is 504 g/mol. The summed E-state index contributed by atoms with van der Waals surface area (Å²) < 4.78 is 1.02. The van der Waals surface area contributed by atoms with Gasteiger partial charge in [-0.15, -0.1) is 0 Å². The van der Waals surface area contributed by atoms with E-state index in [9.17, 15) is 14.4 Å². The van der Waals surface area contributed by atoms with Gasteiger partial charge in [0.15, 0.2) is 0 Å². The minimum Gasteiger partial charge on any atom is -0.326 e. The van der Waals surface area contributed by atoms with Gasteiger partial charge in [0, 0.05) is 16.5 Å². The normalized spacial score (nSPS) is 17.0. The average molecular weight is 504 g/mol. The zero-order valence-electron chi connectivity index (χ0n) is 16.9. The maximum Gasteiger partial charge on any atom is 0.257 e. The summed E-state index contributed by atoms with van der Waals surface area (Å²) in [5.41, 5.74) is 1.27. The first-order chi connectivity index (χ1) is 13.7. The van der Waals surface area contributed by atoms with Crippen LogP contribution in [0.5, 0.6) is 0 Å². The molecule has 2 aromatic carbocycles. The maximum atomic E-state index is 13.2. The van der Waals surface area contributed by atoms with Crippen molar-refractivity contribution >= 4 is 46.0 Å². The summed E-state index contributed by atoms with van der Waals surface area (Å²) in [5, 5.41) is 0. The van der Waals surface area contributed by atoms with E-state index in [4.69, 9.17) is 0 Å². The van der Waals surface area contributed by atoms with Gasteiger partial charge in [-0.25, -0.2) is 4.90 Å². The van der Waals surface area contributed by atoms with Gasteiger partial charge in [0.05, 0.1) is 12.1 Å². The van der Waals surface area contributed by atoms with Crippen molar-refractivity contribution in [2.24, 2.45) is 5.41 Å². The molecule has 1 aliphatic rings. The first-order valence-corrected chi connectivity index (χ1v) is 10.7. The molecular weight excluding hydrogens is 479 g/mol. The Morgan fingerprint density at radius 2 is 1.69 bits per heavy atom. The summed E-state index contributed by atoms with van der Waals surface area (Å²) in [6, 6.07) is 16.0. The summed E-state index contributed by atoms with van der Waals surface area (Å²) in [5.74, 6) is -0.728. The van der Waals surface area contributed by atoms with Crippen molar-refractivity contribution in [3.8, 4) is 0 Å². The molecule has 0 radical (unpaired) electrons. The lowest BCUT2D eigenvalue weighted by molar-refractivity contribution is -0.140. The lowest BCUT2D eigenvalue weighted by Crippen LogP contribution is -2.46. The Kier molecular flexibility index (Phi) is 6.41. The standard InChI is InChI=1S/C23H25IN2O3/c1-23(2,3)14-21(28)25(15-16-7-5-4-6-8-16)19-13-20(27)26(22(19)29)18-11-9-17(24)10-12-18/h4-12,19H,13-15H2,1-3H3. The van der Waals surface area contributed by atoms with E-state index in [0.29, 0.717) is 18.7 Å². The highest BCUT2D eigenvalue weighted by Crippen LogP contribution is 2.29. The van der Waals surface area contributed by atoms with Crippen LogP contribution in [0.1, 0.15) is 39.2 Å². The molecule has 0 saturated carbocycles. The minimum absolute atomic E-state index is 0.00748. The fourth-order valence-corrected chi connectivity index (χ4v) is 3.79. The highest BCUT2D eigenvalue weighted by Gasteiger charge is 2.44. The molecule has 6 heteroatoms. The van der Waals surface area contributed by atoms with Crippen molar-refractivity contribution in [3.05, 3.63) is 63.7 Å². The predicted octanol–water partition coefficient (Wildman–Crippen LogP) is 4.39. The van der Waals surface area contributed by atoms with Gasteiger partial charge in [0.2, 0.25) is 11.8 Å². The van der Waals surface area contributed by atoms with Crippen LogP contribution in [-0.4, -0.2) is 28.7 Å². The van der Waals surface area contributed by atoms with Gasteiger partial charge in [-0.3, -0.25) is 14.4 Å². The molecule has 1 saturated heterocycles. The Morgan fingerprint density at radius 1 is 1.07 bits per heavy atom. The molecule has 2 aromatic rings. The molecule has 152 valence electrons. The lowest BCUT2D eigenvalue weighted by atomic mass is 9.91. The van der Waals surface area contributed by atoms with Crippen LogP contribution in [0.3, 0.4) is 0 Å². The largest absolute Gasteiger partial charge is 0.326 e. The Labute approximate surface area is 185 Å². The van der Waals surface area contributed by atoms with E-state index in [1.165, 1.54) is 4.90 Å². The van der Waals surface area contributed by atoms with E-state index >= 15 is 0 Å². The van der Waals surface area contributed by atoms with Crippen LogP contribution in [0.25, 0.3) is 0 Å². The second kappa shape index (κ2) is 8.65. The third-order valence-corrected chi connectivity index (χ3v) is 5.50. The van der Waals surface area contributed by atoms with Gasteiger partial charge in [-0.2, -0.15) is 0 Å². The minimum atomic E-state index is -0.781.